The molecular weight excluding hydrogens is 223 g/mol. The summed E-state index contributed by atoms with van der Waals surface area (Å²) in [5.74, 6) is -0.414. The SMILES string of the molecule is O=c1ccc2cccc(OC(F)(F)F)c2[nH]1. The average Bonchev–Trinajstić information content (AvgIpc) is 2.17. The van der Waals surface area contributed by atoms with Gasteiger partial charge in [-0.25, -0.2) is 0 Å². The van der Waals surface area contributed by atoms with E-state index >= 15 is 0 Å². The second kappa shape index (κ2) is 3.55. The zero-order chi connectivity index (χ0) is 11.8. The van der Waals surface area contributed by atoms with Crippen LogP contribution in [0.2, 0.25) is 0 Å². The van der Waals surface area contributed by atoms with Crippen LogP contribution in [0, 0.1) is 0 Å². The summed E-state index contributed by atoms with van der Waals surface area (Å²) < 4.78 is 40.0. The molecule has 1 heterocycles. The first-order chi connectivity index (χ1) is 7.46. The first-order valence-corrected chi connectivity index (χ1v) is 4.33. The molecule has 0 spiro atoms. The number of H-pyrrole nitrogens is 1. The molecule has 3 nitrogen and oxygen atoms in total. The van der Waals surface area contributed by atoms with E-state index in [0.29, 0.717) is 5.39 Å². The number of ether oxygens (including phenoxy) is 1. The molecule has 2 aromatic rings. The number of rotatable bonds is 1. The lowest BCUT2D eigenvalue weighted by Crippen LogP contribution is -2.18. The van der Waals surface area contributed by atoms with Gasteiger partial charge in [-0.15, -0.1) is 13.2 Å². The van der Waals surface area contributed by atoms with Crippen LogP contribution < -0.4 is 10.3 Å². The molecular formula is C10H6F3NO2. The van der Waals surface area contributed by atoms with Gasteiger partial charge in [0.15, 0.2) is 5.75 Å². The zero-order valence-electron chi connectivity index (χ0n) is 7.84. The predicted octanol–water partition coefficient (Wildman–Crippen LogP) is 2.43. The lowest BCUT2D eigenvalue weighted by Gasteiger charge is -2.10. The summed E-state index contributed by atoms with van der Waals surface area (Å²) in [5.41, 5.74) is -0.446. The number of halogens is 3. The minimum Gasteiger partial charge on any atom is -0.404 e. The molecule has 0 aliphatic carbocycles. The Hall–Kier alpha value is -1.98. The van der Waals surface area contributed by atoms with Crippen LogP contribution in [0.5, 0.6) is 5.75 Å². The van der Waals surface area contributed by atoms with Crippen LogP contribution in [0.1, 0.15) is 0 Å². The quantitative estimate of drug-likeness (QED) is 0.815. The monoisotopic (exact) mass is 229 g/mol. The molecule has 16 heavy (non-hydrogen) atoms. The smallest absolute Gasteiger partial charge is 0.404 e. The molecule has 0 fully saturated rings. The van der Waals surface area contributed by atoms with Gasteiger partial charge in [-0.1, -0.05) is 12.1 Å². The Kier molecular flexibility index (Phi) is 2.34. The number of nitrogens with one attached hydrogen (secondary N) is 1. The van der Waals surface area contributed by atoms with E-state index in [-0.39, 0.29) is 5.52 Å². The molecule has 0 unspecified atom stereocenters. The highest BCUT2D eigenvalue weighted by atomic mass is 19.4. The molecule has 0 aliphatic heterocycles. The van der Waals surface area contributed by atoms with Crippen molar-refractivity contribution in [1.82, 2.24) is 4.98 Å². The fraction of sp³-hybridized carbons (Fsp3) is 0.100. The topological polar surface area (TPSA) is 42.1 Å². The Balaban J connectivity index is 2.61. The molecule has 0 radical (unpaired) electrons. The van der Waals surface area contributed by atoms with Gasteiger partial charge in [0.05, 0.1) is 5.52 Å². The number of aromatic nitrogens is 1. The molecule has 0 amide bonds. The Morgan fingerprint density at radius 3 is 2.56 bits per heavy atom. The Bertz CT molecular complexity index is 574. The second-order valence-corrected chi connectivity index (χ2v) is 3.09. The second-order valence-electron chi connectivity index (χ2n) is 3.09. The lowest BCUT2D eigenvalue weighted by atomic mass is 10.2. The largest absolute Gasteiger partial charge is 0.573 e. The molecule has 1 aromatic carbocycles. The number of benzene rings is 1. The van der Waals surface area contributed by atoms with Crippen molar-refractivity contribution in [2.45, 2.75) is 6.36 Å². The van der Waals surface area contributed by atoms with E-state index in [2.05, 4.69) is 9.72 Å². The first-order valence-electron chi connectivity index (χ1n) is 4.33. The molecule has 0 saturated carbocycles. The van der Waals surface area contributed by atoms with E-state index in [0.717, 1.165) is 6.07 Å². The maximum atomic E-state index is 12.1. The summed E-state index contributed by atoms with van der Waals surface area (Å²) >= 11 is 0. The maximum absolute atomic E-state index is 12.1. The van der Waals surface area contributed by atoms with E-state index in [9.17, 15) is 18.0 Å². The van der Waals surface area contributed by atoms with Crippen LogP contribution >= 0.6 is 0 Å². The maximum Gasteiger partial charge on any atom is 0.573 e. The van der Waals surface area contributed by atoms with Crippen molar-refractivity contribution in [3.63, 3.8) is 0 Å². The van der Waals surface area contributed by atoms with E-state index < -0.39 is 17.7 Å². The molecule has 0 saturated heterocycles. The van der Waals surface area contributed by atoms with E-state index in [1.165, 1.54) is 18.2 Å². The van der Waals surface area contributed by atoms with Gasteiger partial charge in [0.2, 0.25) is 5.56 Å². The van der Waals surface area contributed by atoms with Gasteiger partial charge in [0, 0.05) is 11.5 Å². The van der Waals surface area contributed by atoms with Crippen molar-refractivity contribution in [1.29, 1.82) is 0 Å². The minimum atomic E-state index is -4.78. The molecule has 2 rings (SSSR count). The van der Waals surface area contributed by atoms with E-state index in [4.69, 9.17) is 0 Å². The number of para-hydroxylation sites is 1. The molecule has 1 N–H and O–H groups in total. The fourth-order valence-electron chi connectivity index (χ4n) is 1.36. The number of hydrogen-bond acceptors (Lipinski definition) is 2. The molecule has 84 valence electrons. The van der Waals surface area contributed by atoms with Crippen LogP contribution in [-0.4, -0.2) is 11.3 Å². The number of pyridine rings is 1. The van der Waals surface area contributed by atoms with Gasteiger partial charge in [-0.05, 0) is 12.1 Å². The lowest BCUT2D eigenvalue weighted by molar-refractivity contribution is -0.274. The Labute approximate surface area is 87.5 Å². The number of aromatic amines is 1. The van der Waals surface area contributed by atoms with Crippen molar-refractivity contribution in [3.8, 4) is 5.75 Å². The van der Waals surface area contributed by atoms with Gasteiger partial charge < -0.3 is 9.72 Å². The van der Waals surface area contributed by atoms with Crippen molar-refractivity contribution in [2.24, 2.45) is 0 Å². The number of hydrogen-bond donors (Lipinski definition) is 1. The normalized spacial score (nSPS) is 11.7. The van der Waals surface area contributed by atoms with Crippen LogP contribution in [0.15, 0.2) is 35.1 Å². The predicted molar refractivity (Wildman–Crippen MR) is 51.3 cm³/mol. The standard InChI is InChI=1S/C10H6F3NO2/c11-10(12,13)16-7-3-1-2-6-4-5-8(15)14-9(6)7/h1-5H,(H,14,15). The van der Waals surface area contributed by atoms with Crippen LogP contribution in [-0.2, 0) is 0 Å². The van der Waals surface area contributed by atoms with Crippen molar-refractivity contribution in [2.75, 3.05) is 0 Å². The van der Waals surface area contributed by atoms with Gasteiger partial charge in [-0.2, -0.15) is 0 Å². The zero-order valence-corrected chi connectivity index (χ0v) is 7.84. The molecule has 0 bridgehead atoms. The van der Waals surface area contributed by atoms with E-state index in [1.807, 2.05) is 0 Å². The summed E-state index contributed by atoms with van der Waals surface area (Å²) in [7, 11) is 0. The highest BCUT2D eigenvalue weighted by Gasteiger charge is 2.31. The number of alkyl halides is 3. The Morgan fingerprint density at radius 2 is 1.88 bits per heavy atom. The summed E-state index contributed by atoms with van der Waals surface area (Å²) in [5, 5.41) is 0.473. The molecule has 0 atom stereocenters. The van der Waals surface area contributed by atoms with Crippen LogP contribution in [0.25, 0.3) is 10.9 Å². The van der Waals surface area contributed by atoms with Crippen molar-refractivity contribution >= 4 is 10.9 Å². The molecule has 6 heteroatoms. The number of fused-ring (bicyclic) bond motifs is 1. The van der Waals surface area contributed by atoms with Gasteiger partial charge in [-0.3, -0.25) is 4.79 Å². The first kappa shape index (κ1) is 10.5. The van der Waals surface area contributed by atoms with Crippen LogP contribution in [0.3, 0.4) is 0 Å². The third-order valence-corrected chi connectivity index (χ3v) is 1.95. The highest BCUT2D eigenvalue weighted by molar-refractivity contribution is 5.84. The fourth-order valence-corrected chi connectivity index (χ4v) is 1.36. The van der Waals surface area contributed by atoms with Crippen LogP contribution in [0.4, 0.5) is 13.2 Å². The van der Waals surface area contributed by atoms with Gasteiger partial charge >= 0.3 is 6.36 Å². The summed E-state index contributed by atoms with van der Waals surface area (Å²) in [6, 6.07) is 6.80. The van der Waals surface area contributed by atoms with Gasteiger partial charge in [0.1, 0.15) is 0 Å². The van der Waals surface area contributed by atoms with Gasteiger partial charge in [0.25, 0.3) is 0 Å². The highest BCUT2D eigenvalue weighted by Crippen LogP contribution is 2.28. The average molecular weight is 229 g/mol. The van der Waals surface area contributed by atoms with Crippen molar-refractivity contribution in [3.05, 3.63) is 40.7 Å². The minimum absolute atomic E-state index is 0.0346. The summed E-state index contributed by atoms with van der Waals surface area (Å²) in [4.78, 5) is 13.3. The Morgan fingerprint density at radius 1 is 1.12 bits per heavy atom. The third-order valence-electron chi connectivity index (χ3n) is 1.95. The summed E-state index contributed by atoms with van der Waals surface area (Å²) in [6.07, 6.45) is -4.78. The third kappa shape index (κ3) is 2.16. The van der Waals surface area contributed by atoms with Crippen molar-refractivity contribution < 1.29 is 17.9 Å². The summed E-state index contributed by atoms with van der Waals surface area (Å²) in [6.45, 7) is 0. The molecule has 0 aliphatic rings. The van der Waals surface area contributed by atoms with E-state index in [1.54, 1.807) is 6.07 Å². The molecule has 1 aromatic heterocycles.